The predicted molar refractivity (Wildman–Crippen MR) is 85.9 cm³/mol. The fourth-order valence-electron chi connectivity index (χ4n) is 3.00. The van der Waals surface area contributed by atoms with Gasteiger partial charge in [0.1, 0.15) is 11.2 Å². The molecule has 1 saturated carbocycles. The van der Waals surface area contributed by atoms with Gasteiger partial charge in [0.15, 0.2) is 17.3 Å². The van der Waals surface area contributed by atoms with Crippen LogP contribution in [0.3, 0.4) is 0 Å². The fraction of sp³-hybridized carbons (Fsp3) is 0.467. The van der Waals surface area contributed by atoms with Gasteiger partial charge in [-0.1, -0.05) is 0 Å². The van der Waals surface area contributed by atoms with Crippen molar-refractivity contribution < 1.29 is 5.11 Å². The second-order valence-corrected chi connectivity index (χ2v) is 6.08. The second-order valence-electron chi connectivity index (χ2n) is 6.08. The molecule has 23 heavy (non-hydrogen) atoms. The third kappa shape index (κ3) is 2.77. The smallest absolute Gasteiger partial charge is 0.184 e. The molecule has 0 atom stereocenters. The number of anilines is 1. The molecule has 120 valence electrons. The van der Waals surface area contributed by atoms with Crippen LogP contribution in [0.25, 0.3) is 22.7 Å². The molecule has 4 rings (SSSR count). The molecule has 8 heteroatoms. The molecule has 0 bridgehead atoms. The van der Waals surface area contributed by atoms with E-state index in [4.69, 9.17) is 0 Å². The summed E-state index contributed by atoms with van der Waals surface area (Å²) >= 11 is 0. The number of aromatic nitrogens is 6. The Morgan fingerprint density at radius 3 is 2.78 bits per heavy atom. The maximum absolute atomic E-state index is 9.65. The highest BCUT2D eigenvalue weighted by atomic mass is 16.3. The first kappa shape index (κ1) is 14.1. The lowest BCUT2D eigenvalue weighted by Crippen LogP contribution is -2.28. The minimum Gasteiger partial charge on any atom is -0.393 e. The summed E-state index contributed by atoms with van der Waals surface area (Å²) in [7, 11) is 0. The molecule has 3 aromatic rings. The van der Waals surface area contributed by atoms with Crippen LogP contribution in [-0.2, 0) is 0 Å². The number of aliphatic hydroxyl groups is 1. The highest BCUT2D eigenvalue weighted by Gasteiger charge is 2.21. The van der Waals surface area contributed by atoms with Crippen molar-refractivity contribution in [1.82, 2.24) is 30.1 Å². The molecule has 3 aromatic heterocycles. The molecule has 1 aliphatic rings. The molecule has 3 heterocycles. The lowest BCUT2D eigenvalue weighted by Gasteiger charge is -2.26. The average molecular weight is 313 g/mol. The van der Waals surface area contributed by atoms with Crippen LogP contribution in [0.15, 0.2) is 12.4 Å². The highest BCUT2D eigenvalue weighted by molar-refractivity contribution is 5.84. The molecule has 4 N–H and O–H groups in total. The van der Waals surface area contributed by atoms with Gasteiger partial charge in [-0.2, -0.15) is 5.10 Å². The van der Waals surface area contributed by atoms with Gasteiger partial charge in [0.05, 0.1) is 12.4 Å². The minimum absolute atomic E-state index is 0.173. The molecule has 0 aromatic carbocycles. The van der Waals surface area contributed by atoms with E-state index >= 15 is 0 Å². The molecule has 0 aliphatic heterocycles. The molecule has 8 nitrogen and oxygen atoms in total. The van der Waals surface area contributed by atoms with Crippen LogP contribution >= 0.6 is 0 Å². The van der Waals surface area contributed by atoms with Crippen LogP contribution in [0.5, 0.6) is 0 Å². The number of imidazole rings is 1. The fourth-order valence-corrected chi connectivity index (χ4v) is 3.00. The third-order valence-corrected chi connectivity index (χ3v) is 4.26. The van der Waals surface area contributed by atoms with E-state index in [9.17, 15) is 5.11 Å². The summed E-state index contributed by atoms with van der Waals surface area (Å²) < 4.78 is 0. The van der Waals surface area contributed by atoms with E-state index in [0.29, 0.717) is 23.2 Å². The molecule has 0 spiro atoms. The van der Waals surface area contributed by atoms with Crippen molar-refractivity contribution in [3.63, 3.8) is 0 Å². The Morgan fingerprint density at radius 1 is 1.22 bits per heavy atom. The minimum atomic E-state index is -0.173. The van der Waals surface area contributed by atoms with Gasteiger partial charge < -0.3 is 15.4 Å². The van der Waals surface area contributed by atoms with Crippen LogP contribution < -0.4 is 5.32 Å². The van der Waals surface area contributed by atoms with Gasteiger partial charge in [-0.05, 0) is 38.7 Å². The van der Waals surface area contributed by atoms with Crippen LogP contribution in [0.2, 0.25) is 0 Å². The second kappa shape index (κ2) is 5.62. The summed E-state index contributed by atoms with van der Waals surface area (Å²) in [6, 6.07) is 2.21. The Hall–Kier alpha value is -2.48. The van der Waals surface area contributed by atoms with Crippen LogP contribution in [0.1, 0.15) is 31.4 Å². The van der Waals surface area contributed by atoms with Gasteiger partial charge in [-0.3, -0.25) is 5.10 Å². The Kier molecular flexibility index (Phi) is 3.45. The summed E-state index contributed by atoms with van der Waals surface area (Å²) in [6.07, 6.45) is 4.94. The molecule has 0 radical (unpaired) electrons. The summed E-state index contributed by atoms with van der Waals surface area (Å²) in [6.45, 7) is 1.94. The lowest BCUT2D eigenvalue weighted by atomic mass is 9.93. The maximum atomic E-state index is 9.65. The molecule has 1 aliphatic carbocycles. The van der Waals surface area contributed by atoms with E-state index in [2.05, 4.69) is 35.5 Å². The Balaban J connectivity index is 1.68. The largest absolute Gasteiger partial charge is 0.393 e. The van der Waals surface area contributed by atoms with Gasteiger partial charge in [-0.15, -0.1) is 0 Å². The monoisotopic (exact) mass is 313 g/mol. The van der Waals surface area contributed by atoms with E-state index in [1.54, 1.807) is 6.33 Å². The van der Waals surface area contributed by atoms with E-state index < -0.39 is 0 Å². The van der Waals surface area contributed by atoms with E-state index in [-0.39, 0.29) is 6.10 Å². The molecule has 1 fully saturated rings. The number of hydrogen-bond donors (Lipinski definition) is 4. The first-order chi connectivity index (χ1) is 11.2. The molecule has 0 amide bonds. The highest BCUT2D eigenvalue weighted by Crippen LogP contribution is 2.26. The summed E-state index contributed by atoms with van der Waals surface area (Å²) in [4.78, 5) is 16.4. The van der Waals surface area contributed by atoms with Crippen LogP contribution in [0.4, 0.5) is 5.82 Å². The summed E-state index contributed by atoms with van der Waals surface area (Å²) in [5.74, 6) is 1.29. The Labute approximate surface area is 132 Å². The number of hydrogen-bond acceptors (Lipinski definition) is 6. The Bertz CT molecular complexity index is 816. The van der Waals surface area contributed by atoms with Gasteiger partial charge in [0, 0.05) is 11.7 Å². The van der Waals surface area contributed by atoms with Crippen molar-refractivity contribution in [3.8, 4) is 11.5 Å². The van der Waals surface area contributed by atoms with Gasteiger partial charge in [0.2, 0.25) is 0 Å². The summed E-state index contributed by atoms with van der Waals surface area (Å²) in [5, 5.41) is 20.3. The van der Waals surface area contributed by atoms with Crippen molar-refractivity contribution >= 4 is 17.0 Å². The first-order valence-electron chi connectivity index (χ1n) is 7.87. The molecular formula is C15H19N7O. The zero-order chi connectivity index (χ0) is 15.8. The maximum Gasteiger partial charge on any atom is 0.184 e. The van der Waals surface area contributed by atoms with E-state index in [0.717, 1.165) is 42.7 Å². The van der Waals surface area contributed by atoms with Crippen molar-refractivity contribution in [2.75, 3.05) is 5.32 Å². The topological polar surface area (TPSA) is 115 Å². The number of aryl methyl sites for hydroxylation is 1. The van der Waals surface area contributed by atoms with Crippen molar-refractivity contribution in [2.45, 2.75) is 44.8 Å². The number of aliphatic hydroxyl groups excluding tert-OH is 1. The van der Waals surface area contributed by atoms with Crippen LogP contribution in [0, 0.1) is 6.92 Å². The summed E-state index contributed by atoms with van der Waals surface area (Å²) in [5.41, 5.74) is 3.08. The number of nitrogens with one attached hydrogen (secondary N) is 3. The predicted octanol–water partition coefficient (Wildman–Crippen LogP) is 1.77. The van der Waals surface area contributed by atoms with Crippen molar-refractivity contribution in [2.24, 2.45) is 0 Å². The number of H-pyrrole nitrogens is 2. The van der Waals surface area contributed by atoms with E-state index in [1.165, 1.54) is 0 Å². The zero-order valence-electron chi connectivity index (χ0n) is 12.9. The molecule has 0 unspecified atom stereocenters. The van der Waals surface area contributed by atoms with E-state index in [1.807, 2.05) is 13.0 Å². The number of nitrogens with zero attached hydrogens (tertiary/aromatic N) is 4. The number of aromatic amines is 2. The molecular weight excluding hydrogens is 294 g/mol. The zero-order valence-corrected chi connectivity index (χ0v) is 12.9. The average Bonchev–Trinajstić information content (AvgIpc) is 3.18. The quantitative estimate of drug-likeness (QED) is 0.585. The van der Waals surface area contributed by atoms with Gasteiger partial charge >= 0.3 is 0 Å². The standard InChI is InChI=1S/C15H19N7O/c1-8-6-11(22-21-8)13-19-14-12(16-7-17-14)15(20-13)18-9-2-4-10(23)5-3-9/h6-7,9-10,23H,2-5H2,1H3,(H,21,22)(H2,16,17,18,19,20). The van der Waals surface area contributed by atoms with Gasteiger partial charge in [0.25, 0.3) is 0 Å². The first-order valence-corrected chi connectivity index (χ1v) is 7.87. The third-order valence-electron chi connectivity index (χ3n) is 4.26. The van der Waals surface area contributed by atoms with Crippen molar-refractivity contribution in [1.29, 1.82) is 0 Å². The van der Waals surface area contributed by atoms with Gasteiger partial charge in [-0.25, -0.2) is 15.0 Å². The molecule has 0 saturated heterocycles. The Morgan fingerprint density at radius 2 is 2.04 bits per heavy atom. The van der Waals surface area contributed by atoms with Crippen molar-refractivity contribution in [3.05, 3.63) is 18.1 Å². The van der Waals surface area contributed by atoms with Crippen LogP contribution in [-0.4, -0.2) is 47.4 Å². The number of rotatable bonds is 3. The lowest BCUT2D eigenvalue weighted by molar-refractivity contribution is 0.126. The normalized spacial score (nSPS) is 21.7. The SMILES string of the molecule is Cc1cc(-c2nc(NC3CCC(O)CC3)c3[nH]cnc3n2)n[nH]1. The number of fused-ring (bicyclic) bond motifs is 1.